The highest BCUT2D eigenvalue weighted by Gasteiger charge is 2.46. The van der Waals surface area contributed by atoms with Crippen molar-refractivity contribution in [2.75, 3.05) is 26.8 Å². The van der Waals surface area contributed by atoms with Crippen LogP contribution in [-0.2, 0) is 4.74 Å². The minimum absolute atomic E-state index is 0.0155. The van der Waals surface area contributed by atoms with E-state index >= 15 is 0 Å². The van der Waals surface area contributed by atoms with Crippen LogP contribution in [0.15, 0.2) is 24.3 Å². The van der Waals surface area contributed by atoms with Crippen molar-refractivity contribution >= 4 is 11.6 Å². The predicted octanol–water partition coefficient (Wildman–Crippen LogP) is -0.178. The number of aromatic hydroxyl groups is 1. The van der Waals surface area contributed by atoms with Gasteiger partial charge in [0, 0.05) is 17.2 Å². The number of phenolic OH excluding ortho intramolecular Hbond substituents is 1. The van der Waals surface area contributed by atoms with Crippen LogP contribution in [0.5, 0.6) is 17.2 Å². The molecule has 0 amide bonds. The van der Waals surface area contributed by atoms with Crippen molar-refractivity contribution in [3.8, 4) is 17.2 Å². The van der Waals surface area contributed by atoms with Gasteiger partial charge in [0.25, 0.3) is 0 Å². The number of benzene rings is 2. The number of nitrogens with one attached hydrogen (secondary N) is 1. The number of methoxy groups -OCH3 is 1. The summed E-state index contributed by atoms with van der Waals surface area (Å²) in [7, 11) is 1.36. The van der Waals surface area contributed by atoms with E-state index in [1.165, 1.54) is 25.3 Å². The fourth-order valence-electron chi connectivity index (χ4n) is 5.23. The van der Waals surface area contributed by atoms with E-state index in [1.807, 2.05) is 0 Å². The molecule has 0 spiro atoms. The van der Waals surface area contributed by atoms with E-state index in [9.17, 15) is 35.1 Å². The van der Waals surface area contributed by atoms with E-state index in [0.717, 1.165) is 31.5 Å². The predicted molar refractivity (Wildman–Crippen MR) is 127 cm³/mol. The monoisotopic (exact) mass is 515 g/mol. The first-order valence-electron chi connectivity index (χ1n) is 12.1. The molecule has 0 bridgehead atoms. The van der Waals surface area contributed by atoms with Gasteiger partial charge in [0.2, 0.25) is 12.1 Å². The average Bonchev–Trinajstić information content (AvgIpc) is 2.91. The van der Waals surface area contributed by atoms with Gasteiger partial charge in [-0.25, -0.2) is 0 Å². The number of fused-ring (bicyclic) bond motifs is 2. The Kier molecular flexibility index (Phi) is 6.92. The van der Waals surface area contributed by atoms with Gasteiger partial charge in [-0.1, -0.05) is 0 Å². The number of carbonyl (C=O) groups is 2. The molecule has 3 aliphatic rings. The summed E-state index contributed by atoms with van der Waals surface area (Å²) >= 11 is 0. The zero-order valence-electron chi connectivity index (χ0n) is 20.1. The minimum Gasteiger partial charge on any atom is -0.507 e. The number of hydrogen-bond donors (Lipinski definition) is 6. The van der Waals surface area contributed by atoms with Crippen LogP contribution in [0.1, 0.15) is 56.2 Å². The lowest BCUT2D eigenvalue weighted by molar-refractivity contribution is -0.277. The molecule has 1 aliphatic carbocycles. The maximum Gasteiger partial charge on any atom is 0.229 e. The number of phenols is 1. The summed E-state index contributed by atoms with van der Waals surface area (Å²) in [6, 6.07) is 5.89. The third-order valence-corrected chi connectivity index (χ3v) is 7.30. The quantitative estimate of drug-likeness (QED) is 0.266. The molecule has 0 aromatic heterocycles. The van der Waals surface area contributed by atoms with Gasteiger partial charge in [-0.2, -0.15) is 0 Å². The first kappa shape index (κ1) is 25.6. The van der Waals surface area contributed by atoms with Crippen LogP contribution in [0.3, 0.4) is 0 Å². The molecule has 2 heterocycles. The van der Waals surface area contributed by atoms with Crippen LogP contribution in [0, 0.1) is 0 Å². The third-order valence-electron chi connectivity index (χ3n) is 7.30. The van der Waals surface area contributed by atoms with E-state index in [1.54, 1.807) is 6.07 Å². The number of ether oxygens (including phenoxy) is 3. The summed E-state index contributed by atoms with van der Waals surface area (Å²) in [5.41, 5.74) is 0.526. The first-order valence-corrected chi connectivity index (χ1v) is 12.1. The van der Waals surface area contributed by atoms with Crippen molar-refractivity contribution in [1.29, 1.82) is 0 Å². The SMILES string of the molecule is COc1cc(O[C@H]2O[C@H](CO)[C@@H](O)[C@H](O)[C@H]2O)c2c(c1)C(=O)c1cc(C3CCNCC3)cc(O)c1C2=O. The van der Waals surface area contributed by atoms with Gasteiger partial charge in [-0.15, -0.1) is 0 Å². The number of rotatable bonds is 5. The zero-order chi connectivity index (χ0) is 26.4. The second-order valence-corrected chi connectivity index (χ2v) is 9.51. The molecule has 2 aromatic rings. The number of carbonyl (C=O) groups excluding carboxylic acids is 2. The molecular formula is C26H29NO10. The van der Waals surface area contributed by atoms with Crippen molar-refractivity contribution in [3.05, 3.63) is 52.1 Å². The summed E-state index contributed by atoms with van der Waals surface area (Å²) in [5, 5.41) is 54.2. The topological polar surface area (TPSA) is 175 Å². The summed E-state index contributed by atoms with van der Waals surface area (Å²) < 4.78 is 16.5. The van der Waals surface area contributed by atoms with Crippen LogP contribution >= 0.6 is 0 Å². The van der Waals surface area contributed by atoms with Crippen molar-refractivity contribution in [2.45, 2.75) is 49.5 Å². The fourth-order valence-corrected chi connectivity index (χ4v) is 5.23. The van der Waals surface area contributed by atoms with E-state index in [4.69, 9.17) is 14.2 Å². The van der Waals surface area contributed by atoms with Crippen LogP contribution in [0.25, 0.3) is 0 Å². The van der Waals surface area contributed by atoms with Crippen molar-refractivity contribution < 1.29 is 49.3 Å². The van der Waals surface area contributed by atoms with Crippen LogP contribution in [0.4, 0.5) is 0 Å². The highest BCUT2D eigenvalue weighted by molar-refractivity contribution is 6.30. The van der Waals surface area contributed by atoms with Crippen molar-refractivity contribution in [2.24, 2.45) is 0 Å². The van der Waals surface area contributed by atoms with E-state index in [0.29, 0.717) is 0 Å². The molecule has 6 N–H and O–H groups in total. The number of hydrogen-bond acceptors (Lipinski definition) is 11. The molecule has 2 saturated heterocycles. The Balaban J connectivity index is 1.56. The average molecular weight is 516 g/mol. The summed E-state index contributed by atoms with van der Waals surface area (Å²) in [6.07, 6.45) is -6.19. The maximum absolute atomic E-state index is 13.7. The Hall–Kier alpha value is -3.06. The van der Waals surface area contributed by atoms with E-state index in [-0.39, 0.29) is 45.4 Å². The van der Waals surface area contributed by atoms with Gasteiger partial charge in [-0.05, 0) is 55.6 Å². The molecular weight excluding hydrogens is 486 g/mol. The van der Waals surface area contributed by atoms with Crippen LogP contribution in [0.2, 0.25) is 0 Å². The van der Waals surface area contributed by atoms with Gasteiger partial charge in [0.1, 0.15) is 41.7 Å². The normalized spacial score (nSPS) is 28.0. The third kappa shape index (κ3) is 4.37. The highest BCUT2D eigenvalue weighted by atomic mass is 16.7. The molecule has 198 valence electrons. The number of piperidine rings is 1. The van der Waals surface area contributed by atoms with Gasteiger partial charge in [0.05, 0.1) is 24.8 Å². The summed E-state index contributed by atoms with van der Waals surface area (Å²) in [6.45, 7) is 0.960. The van der Waals surface area contributed by atoms with Crippen molar-refractivity contribution in [1.82, 2.24) is 5.32 Å². The molecule has 0 unspecified atom stereocenters. The van der Waals surface area contributed by atoms with Crippen LogP contribution < -0.4 is 14.8 Å². The number of aliphatic hydroxyl groups excluding tert-OH is 4. The van der Waals surface area contributed by atoms with Crippen molar-refractivity contribution in [3.63, 3.8) is 0 Å². The van der Waals surface area contributed by atoms with Gasteiger partial charge >= 0.3 is 0 Å². The Bertz CT molecular complexity index is 1220. The molecule has 0 radical (unpaired) electrons. The van der Waals surface area contributed by atoms with E-state index < -0.39 is 48.9 Å². The Morgan fingerprint density at radius 3 is 2.32 bits per heavy atom. The molecule has 37 heavy (non-hydrogen) atoms. The Morgan fingerprint density at radius 1 is 0.946 bits per heavy atom. The minimum atomic E-state index is -1.73. The smallest absolute Gasteiger partial charge is 0.229 e. The molecule has 2 aromatic carbocycles. The van der Waals surface area contributed by atoms with Gasteiger partial charge < -0.3 is 45.1 Å². The largest absolute Gasteiger partial charge is 0.507 e. The molecule has 2 fully saturated rings. The standard InChI is InChI=1S/C26H29NO10/c1-35-13-8-15-20(17(9-13)36-26-25(34)24(33)22(31)18(10-28)37-26)23(32)19-14(21(15)30)6-12(7-16(19)29)11-2-4-27-5-3-11/h6-9,11,18,22,24-29,31,33-34H,2-5,10H2,1H3/t18-,22-,24+,25-,26+/m1/s1. The molecule has 11 nitrogen and oxygen atoms in total. The number of ketones is 2. The summed E-state index contributed by atoms with van der Waals surface area (Å²) in [5.74, 6) is -1.36. The van der Waals surface area contributed by atoms with Gasteiger partial charge in [-0.3, -0.25) is 9.59 Å². The lowest BCUT2D eigenvalue weighted by Gasteiger charge is -2.39. The molecule has 11 heteroatoms. The first-order chi connectivity index (χ1) is 17.7. The Morgan fingerprint density at radius 2 is 1.65 bits per heavy atom. The Labute approximate surface area is 212 Å². The molecule has 2 aliphatic heterocycles. The molecule has 5 rings (SSSR count). The summed E-state index contributed by atoms with van der Waals surface area (Å²) in [4.78, 5) is 27.3. The van der Waals surface area contributed by atoms with Crippen LogP contribution in [-0.4, -0.2) is 94.6 Å². The second-order valence-electron chi connectivity index (χ2n) is 9.51. The molecule has 5 atom stereocenters. The lowest BCUT2D eigenvalue weighted by Crippen LogP contribution is -2.60. The number of aliphatic hydroxyl groups is 4. The zero-order valence-corrected chi connectivity index (χ0v) is 20.1. The highest BCUT2D eigenvalue weighted by Crippen LogP contribution is 2.42. The fraction of sp³-hybridized carbons (Fsp3) is 0.462. The second kappa shape index (κ2) is 10.0. The maximum atomic E-state index is 13.7. The molecule has 0 saturated carbocycles. The van der Waals surface area contributed by atoms with Gasteiger partial charge in [0.15, 0.2) is 5.78 Å². The lowest BCUT2D eigenvalue weighted by atomic mass is 9.79. The van der Waals surface area contributed by atoms with E-state index in [2.05, 4.69) is 5.32 Å².